The summed E-state index contributed by atoms with van der Waals surface area (Å²) < 4.78 is 1.74. The number of nitrogen functional groups attached to an aromatic ring is 1. The summed E-state index contributed by atoms with van der Waals surface area (Å²) in [5.41, 5.74) is 3.45. The molecule has 2 aromatic heterocycles. The van der Waals surface area contributed by atoms with Gasteiger partial charge in [-0.2, -0.15) is 5.10 Å². The third-order valence-corrected chi connectivity index (χ3v) is 4.12. The van der Waals surface area contributed by atoms with Gasteiger partial charge in [0.2, 0.25) is 0 Å². The number of hydrogen-bond acceptors (Lipinski definition) is 7. The van der Waals surface area contributed by atoms with Crippen LogP contribution in [-0.4, -0.2) is 62.8 Å². The van der Waals surface area contributed by atoms with Crippen LogP contribution in [0.5, 0.6) is 0 Å². The Hall–Kier alpha value is -1.77. The summed E-state index contributed by atoms with van der Waals surface area (Å²) >= 11 is 0. The summed E-state index contributed by atoms with van der Waals surface area (Å²) in [5, 5.41) is 5.05. The Bertz CT molecular complexity index is 634. The number of likely N-dealkylation sites (tertiary alicyclic amines) is 1. The van der Waals surface area contributed by atoms with E-state index in [2.05, 4.69) is 44.4 Å². The van der Waals surface area contributed by atoms with Crippen molar-refractivity contribution in [1.82, 2.24) is 29.5 Å². The van der Waals surface area contributed by atoms with Crippen LogP contribution in [0, 0.1) is 0 Å². The van der Waals surface area contributed by atoms with E-state index in [0.29, 0.717) is 11.9 Å². The van der Waals surface area contributed by atoms with Crippen molar-refractivity contribution < 1.29 is 0 Å². The van der Waals surface area contributed by atoms with E-state index in [1.54, 1.807) is 10.9 Å². The van der Waals surface area contributed by atoms with Gasteiger partial charge in [0.25, 0.3) is 0 Å². The molecule has 0 aromatic carbocycles. The SMILES string of the molecule is CN(C)C1CCN(Cc2nc(NN)c3cnn(C)c3n2)C1. The summed E-state index contributed by atoms with van der Waals surface area (Å²) in [5.74, 6) is 6.97. The molecule has 0 bridgehead atoms. The highest BCUT2D eigenvalue weighted by Crippen LogP contribution is 2.20. The number of rotatable bonds is 4. The third kappa shape index (κ3) is 2.69. The molecule has 8 nitrogen and oxygen atoms in total. The van der Waals surface area contributed by atoms with Crippen LogP contribution in [0.4, 0.5) is 5.82 Å². The first-order valence-electron chi connectivity index (χ1n) is 7.12. The second kappa shape index (κ2) is 5.55. The summed E-state index contributed by atoms with van der Waals surface area (Å²) in [6, 6.07) is 0.609. The van der Waals surface area contributed by atoms with Gasteiger partial charge in [-0.05, 0) is 20.5 Å². The van der Waals surface area contributed by atoms with Crippen LogP contribution in [0.25, 0.3) is 11.0 Å². The molecular formula is C13H22N8. The molecule has 1 unspecified atom stereocenters. The number of fused-ring (bicyclic) bond motifs is 1. The van der Waals surface area contributed by atoms with Gasteiger partial charge in [0, 0.05) is 26.2 Å². The maximum atomic E-state index is 5.57. The molecule has 114 valence electrons. The van der Waals surface area contributed by atoms with Gasteiger partial charge >= 0.3 is 0 Å². The van der Waals surface area contributed by atoms with Crippen molar-refractivity contribution in [2.45, 2.75) is 19.0 Å². The fourth-order valence-corrected chi connectivity index (χ4v) is 2.83. The van der Waals surface area contributed by atoms with Crippen molar-refractivity contribution in [3.05, 3.63) is 12.0 Å². The fraction of sp³-hybridized carbons (Fsp3) is 0.615. The van der Waals surface area contributed by atoms with Crippen LogP contribution in [-0.2, 0) is 13.6 Å². The molecule has 3 heterocycles. The summed E-state index contributed by atoms with van der Waals surface area (Å²) in [7, 11) is 6.13. The van der Waals surface area contributed by atoms with Crippen LogP contribution in [0.3, 0.4) is 0 Å². The van der Waals surface area contributed by atoms with Crippen molar-refractivity contribution >= 4 is 16.9 Å². The largest absolute Gasteiger partial charge is 0.308 e. The van der Waals surface area contributed by atoms with E-state index in [1.807, 2.05) is 7.05 Å². The number of nitrogens with zero attached hydrogens (tertiary/aromatic N) is 6. The average molecular weight is 290 g/mol. The summed E-state index contributed by atoms with van der Waals surface area (Å²) in [6.45, 7) is 2.85. The lowest BCUT2D eigenvalue weighted by Crippen LogP contribution is -2.31. The maximum absolute atomic E-state index is 5.57. The quantitative estimate of drug-likeness (QED) is 0.595. The molecular weight excluding hydrogens is 268 g/mol. The molecule has 1 aliphatic heterocycles. The van der Waals surface area contributed by atoms with E-state index in [9.17, 15) is 0 Å². The topological polar surface area (TPSA) is 88.1 Å². The zero-order valence-electron chi connectivity index (χ0n) is 12.7. The molecule has 0 aliphatic carbocycles. The Morgan fingerprint density at radius 2 is 2.24 bits per heavy atom. The molecule has 0 radical (unpaired) electrons. The van der Waals surface area contributed by atoms with E-state index in [-0.39, 0.29) is 0 Å². The Morgan fingerprint density at radius 3 is 2.90 bits per heavy atom. The highest BCUT2D eigenvalue weighted by molar-refractivity contribution is 5.86. The first-order valence-corrected chi connectivity index (χ1v) is 7.12. The van der Waals surface area contributed by atoms with E-state index in [0.717, 1.165) is 36.5 Å². The van der Waals surface area contributed by atoms with Gasteiger partial charge in [0.15, 0.2) is 11.5 Å². The Balaban J connectivity index is 1.83. The first-order chi connectivity index (χ1) is 10.1. The van der Waals surface area contributed by atoms with Gasteiger partial charge in [-0.1, -0.05) is 0 Å². The second-order valence-electron chi connectivity index (χ2n) is 5.78. The lowest BCUT2D eigenvalue weighted by Gasteiger charge is -2.20. The second-order valence-corrected chi connectivity index (χ2v) is 5.78. The number of likely N-dealkylation sites (N-methyl/N-ethyl adjacent to an activating group) is 1. The van der Waals surface area contributed by atoms with Crippen molar-refractivity contribution in [1.29, 1.82) is 0 Å². The molecule has 0 amide bonds. The van der Waals surface area contributed by atoms with E-state index < -0.39 is 0 Å². The minimum Gasteiger partial charge on any atom is -0.308 e. The normalized spacial score (nSPS) is 19.8. The Labute approximate surface area is 123 Å². The summed E-state index contributed by atoms with van der Waals surface area (Å²) in [6.07, 6.45) is 2.91. The van der Waals surface area contributed by atoms with Gasteiger partial charge in [-0.15, -0.1) is 0 Å². The van der Waals surface area contributed by atoms with Gasteiger partial charge in [0.05, 0.1) is 18.1 Å². The van der Waals surface area contributed by atoms with Crippen LogP contribution in [0.2, 0.25) is 0 Å². The minimum atomic E-state index is 0.609. The fourth-order valence-electron chi connectivity index (χ4n) is 2.83. The van der Waals surface area contributed by atoms with Gasteiger partial charge in [-0.25, -0.2) is 15.8 Å². The van der Waals surface area contributed by atoms with Crippen LogP contribution in [0.15, 0.2) is 6.20 Å². The monoisotopic (exact) mass is 290 g/mol. The smallest absolute Gasteiger partial charge is 0.163 e. The average Bonchev–Trinajstić information content (AvgIpc) is 3.06. The van der Waals surface area contributed by atoms with Gasteiger partial charge < -0.3 is 10.3 Å². The molecule has 1 saturated heterocycles. The lowest BCUT2D eigenvalue weighted by atomic mass is 10.2. The molecule has 2 aromatic rings. The number of hydrazine groups is 1. The standard InChI is InChI=1S/C13H22N8/c1-19(2)9-4-5-21(7-9)8-11-16-12(18-14)10-6-15-20(3)13(10)17-11/h6,9H,4-5,7-8,14H2,1-3H3,(H,16,17,18). The van der Waals surface area contributed by atoms with Crippen molar-refractivity contribution in [2.24, 2.45) is 12.9 Å². The van der Waals surface area contributed by atoms with Crippen LogP contribution >= 0.6 is 0 Å². The predicted octanol–water partition coefficient (Wildman–Crippen LogP) is -0.215. The molecule has 8 heteroatoms. The molecule has 1 atom stereocenters. The van der Waals surface area contributed by atoms with Crippen molar-refractivity contribution in [3.63, 3.8) is 0 Å². The van der Waals surface area contributed by atoms with Crippen molar-refractivity contribution in [2.75, 3.05) is 32.6 Å². The Morgan fingerprint density at radius 1 is 1.43 bits per heavy atom. The molecule has 3 rings (SSSR count). The molecule has 0 spiro atoms. The molecule has 3 N–H and O–H groups in total. The predicted molar refractivity (Wildman–Crippen MR) is 81.5 cm³/mol. The minimum absolute atomic E-state index is 0.609. The zero-order valence-corrected chi connectivity index (χ0v) is 12.7. The Kier molecular flexibility index (Phi) is 3.75. The highest BCUT2D eigenvalue weighted by atomic mass is 15.3. The van der Waals surface area contributed by atoms with Gasteiger partial charge in [0.1, 0.15) is 5.82 Å². The van der Waals surface area contributed by atoms with E-state index in [1.165, 1.54) is 6.42 Å². The van der Waals surface area contributed by atoms with E-state index >= 15 is 0 Å². The number of aryl methyl sites for hydroxylation is 1. The molecule has 1 fully saturated rings. The number of anilines is 1. The van der Waals surface area contributed by atoms with Crippen molar-refractivity contribution in [3.8, 4) is 0 Å². The number of aromatic nitrogens is 4. The maximum Gasteiger partial charge on any atom is 0.163 e. The number of nitrogens with one attached hydrogen (secondary N) is 1. The molecule has 21 heavy (non-hydrogen) atoms. The summed E-state index contributed by atoms with van der Waals surface area (Å²) in [4.78, 5) is 13.8. The zero-order chi connectivity index (χ0) is 15.0. The van der Waals surface area contributed by atoms with Gasteiger partial charge in [-0.3, -0.25) is 9.58 Å². The molecule has 1 aliphatic rings. The number of hydrogen-bond donors (Lipinski definition) is 2. The third-order valence-electron chi connectivity index (χ3n) is 4.12. The lowest BCUT2D eigenvalue weighted by molar-refractivity contribution is 0.261. The van der Waals surface area contributed by atoms with Crippen LogP contribution in [0.1, 0.15) is 12.2 Å². The number of nitrogens with two attached hydrogens (primary N) is 1. The first kappa shape index (κ1) is 14.2. The van der Waals surface area contributed by atoms with E-state index in [4.69, 9.17) is 5.84 Å². The van der Waals surface area contributed by atoms with Crippen LogP contribution < -0.4 is 11.3 Å². The molecule has 0 saturated carbocycles. The highest BCUT2D eigenvalue weighted by Gasteiger charge is 2.25.